The lowest BCUT2D eigenvalue weighted by Crippen LogP contribution is -2.28. The number of pyridine rings is 1. The molecule has 0 spiro atoms. The summed E-state index contributed by atoms with van der Waals surface area (Å²) < 4.78 is 2.49. The number of hydrogen-bond acceptors (Lipinski definition) is 5. The predicted octanol–water partition coefficient (Wildman–Crippen LogP) is 0.578. The second-order valence-electron chi connectivity index (χ2n) is 4.15. The van der Waals surface area contributed by atoms with Gasteiger partial charge in [-0.15, -0.1) is 5.10 Å². The molecule has 9 heteroatoms. The lowest BCUT2D eigenvalue weighted by molar-refractivity contribution is -0.117. The highest BCUT2D eigenvalue weighted by molar-refractivity contribution is 6.30. The zero-order valence-electron chi connectivity index (χ0n) is 10.6. The van der Waals surface area contributed by atoms with Crippen LogP contribution in [0.2, 0.25) is 5.02 Å². The minimum absolute atomic E-state index is 0.131. The highest BCUT2D eigenvalue weighted by Crippen LogP contribution is 2.11. The number of nitrogens with one attached hydrogen (secondary N) is 1. The van der Waals surface area contributed by atoms with E-state index in [2.05, 4.69) is 20.5 Å². The van der Waals surface area contributed by atoms with Crippen molar-refractivity contribution < 1.29 is 4.79 Å². The monoisotopic (exact) mass is 304 g/mol. The Morgan fingerprint density at radius 1 is 1.33 bits per heavy atom. The standard InChI is InChI=1S/C12H9ClN6O2/c13-8-3-4-9-15-12(17-18(9)6-8)16-10(20)7-19-11(21)2-1-5-14-19/h1-6H,7H2,(H,16,17,20). The fourth-order valence-electron chi connectivity index (χ4n) is 1.72. The third-order valence-electron chi connectivity index (χ3n) is 2.62. The van der Waals surface area contributed by atoms with E-state index in [4.69, 9.17) is 11.6 Å². The number of amides is 1. The number of nitrogens with zero attached hydrogens (tertiary/aromatic N) is 5. The van der Waals surface area contributed by atoms with Gasteiger partial charge >= 0.3 is 0 Å². The molecule has 0 aliphatic heterocycles. The van der Waals surface area contributed by atoms with Crippen LogP contribution < -0.4 is 10.9 Å². The van der Waals surface area contributed by atoms with Crippen molar-refractivity contribution in [1.29, 1.82) is 0 Å². The van der Waals surface area contributed by atoms with E-state index < -0.39 is 5.91 Å². The minimum Gasteiger partial charge on any atom is -0.292 e. The third-order valence-corrected chi connectivity index (χ3v) is 2.85. The van der Waals surface area contributed by atoms with E-state index in [1.807, 2.05) is 0 Å². The molecule has 3 aromatic heterocycles. The Hall–Kier alpha value is -2.74. The normalized spacial score (nSPS) is 10.7. The molecular weight excluding hydrogens is 296 g/mol. The summed E-state index contributed by atoms with van der Waals surface area (Å²) in [5.74, 6) is -0.316. The minimum atomic E-state index is -0.446. The van der Waals surface area contributed by atoms with E-state index >= 15 is 0 Å². The summed E-state index contributed by atoms with van der Waals surface area (Å²) in [5.41, 5.74) is 0.187. The summed E-state index contributed by atoms with van der Waals surface area (Å²) in [4.78, 5) is 27.4. The van der Waals surface area contributed by atoms with Gasteiger partial charge < -0.3 is 0 Å². The Morgan fingerprint density at radius 3 is 3.00 bits per heavy atom. The zero-order valence-corrected chi connectivity index (χ0v) is 11.4. The molecule has 0 aromatic carbocycles. The summed E-state index contributed by atoms with van der Waals surface area (Å²) in [6, 6.07) is 6.18. The summed E-state index contributed by atoms with van der Waals surface area (Å²) in [6.45, 7) is -0.212. The van der Waals surface area contributed by atoms with E-state index in [9.17, 15) is 9.59 Å². The number of halogens is 1. The molecular formula is C12H9ClN6O2. The van der Waals surface area contributed by atoms with Crippen molar-refractivity contribution in [2.75, 3.05) is 5.32 Å². The molecule has 0 unspecified atom stereocenters. The van der Waals surface area contributed by atoms with Crippen LogP contribution >= 0.6 is 11.6 Å². The number of carbonyl (C=O) groups is 1. The predicted molar refractivity (Wildman–Crippen MR) is 75.1 cm³/mol. The van der Waals surface area contributed by atoms with Crippen molar-refractivity contribution in [2.24, 2.45) is 0 Å². The Kier molecular flexibility index (Phi) is 3.36. The first-order chi connectivity index (χ1) is 10.1. The molecule has 106 valence electrons. The van der Waals surface area contributed by atoms with Crippen molar-refractivity contribution in [3.63, 3.8) is 0 Å². The van der Waals surface area contributed by atoms with Crippen LogP contribution in [0.25, 0.3) is 5.65 Å². The van der Waals surface area contributed by atoms with Crippen molar-refractivity contribution in [3.05, 3.63) is 52.0 Å². The van der Waals surface area contributed by atoms with Gasteiger partial charge in [0.25, 0.3) is 5.56 Å². The Bertz CT molecular complexity index is 871. The lowest BCUT2D eigenvalue weighted by Gasteiger charge is -2.02. The van der Waals surface area contributed by atoms with Crippen LogP contribution in [0.4, 0.5) is 5.95 Å². The Balaban J connectivity index is 1.77. The van der Waals surface area contributed by atoms with Gasteiger partial charge in [-0.05, 0) is 18.2 Å². The first-order valence-electron chi connectivity index (χ1n) is 5.96. The van der Waals surface area contributed by atoms with Gasteiger partial charge in [0.15, 0.2) is 5.65 Å². The topological polar surface area (TPSA) is 94.2 Å². The lowest BCUT2D eigenvalue weighted by atomic mass is 10.5. The molecule has 0 radical (unpaired) electrons. The first kappa shape index (κ1) is 13.3. The molecule has 1 amide bonds. The second kappa shape index (κ2) is 5.33. The van der Waals surface area contributed by atoms with Gasteiger partial charge in [-0.1, -0.05) is 11.6 Å². The molecule has 1 N–H and O–H groups in total. The average Bonchev–Trinajstić information content (AvgIpc) is 2.82. The maximum atomic E-state index is 11.9. The molecule has 0 saturated carbocycles. The zero-order chi connectivity index (χ0) is 14.8. The number of hydrogen-bond donors (Lipinski definition) is 1. The number of carbonyl (C=O) groups excluding carboxylic acids is 1. The van der Waals surface area contributed by atoms with E-state index in [1.165, 1.54) is 22.8 Å². The molecule has 0 bridgehead atoms. The third kappa shape index (κ3) is 2.90. The Morgan fingerprint density at radius 2 is 2.19 bits per heavy atom. The van der Waals surface area contributed by atoms with Crippen LogP contribution in [0.15, 0.2) is 41.5 Å². The number of fused-ring (bicyclic) bond motifs is 1. The van der Waals surface area contributed by atoms with Gasteiger partial charge in [0.2, 0.25) is 11.9 Å². The maximum Gasteiger partial charge on any atom is 0.267 e. The molecule has 0 aliphatic rings. The maximum absolute atomic E-state index is 11.9. The van der Waals surface area contributed by atoms with Gasteiger partial charge in [0.1, 0.15) is 6.54 Å². The van der Waals surface area contributed by atoms with Crippen molar-refractivity contribution in [1.82, 2.24) is 24.4 Å². The van der Waals surface area contributed by atoms with Gasteiger partial charge in [-0.2, -0.15) is 10.1 Å². The van der Waals surface area contributed by atoms with E-state index in [0.29, 0.717) is 10.7 Å². The number of aromatic nitrogens is 5. The molecule has 0 atom stereocenters. The highest BCUT2D eigenvalue weighted by atomic mass is 35.5. The molecule has 21 heavy (non-hydrogen) atoms. The number of anilines is 1. The Labute approximate surface area is 123 Å². The van der Waals surface area contributed by atoms with Crippen LogP contribution in [0.3, 0.4) is 0 Å². The van der Waals surface area contributed by atoms with Crippen LogP contribution in [0, 0.1) is 0 Å². The van der Waals surface area contributed by atoms with E-state index in [0.717, 1.165) is 4.68 Å². The first-order valence-corrected chi connectivity index (χ1v) is 6.33. The second-order valence-corrected chi connectivity index (χ2v) is 4.59. The van der Waals surface area contributed by atoms with Crippen LogP contribution in [-0.2, 0) is 11.3 Å². The number of rotatable bonds is 3. The van der Waals surface area contributed by atoms with Gasteiger partial charge in [-0.3, -0.25) is 14.9 Å². The molecule has 3 rings (SSSR count). The van der Waals surface area contributed by atoms with Crippen molar-refractivity contribution in [3.8, 4) is 0 Å². The fraction of sp³-hybridized carbons (Fsp3) is 0.0833. The fourth-order valence-corrected chi connectivity index (χ4v) is 1.87. The van der Waals surface area contributed by atoms with Gasteiger partial charge in [-0.25, -0.2) is 9.20 Å². The SMILES string of the molecule is O=C(Cn1ncccc1=O)Nc1nc2ccc(Cl)cn2n1. The van der Waals surface area contributed by atoms with Crippen LogP contribution in [-0.4, -0.2) is 30.3 Å². The largest absolute Gasteiger partial charge is 0.292 e. The molecule has 0 fully saturated rings. The molecule has 8 nitrogen and oxygen atoms in total. The quantitative estimate of drug-likeness (QED) is 0.764. The molecule has 3 heterocycles. The van der Waals surface area contributed by atoms with Crippen LogP contribution in [0.1, 0.15) is 0 Å². The van der Waals surface area contributed by atoms with Crippen LogP contribution in [0.5, 0.6) is 0 Å². The van der Waals surface area contributed by atoms with Gasteiger partial charge in [0, 0.05) is 18.5 Å². The molecule has 0 aliphatic carbocycles. The van der Waals surface area contributed by atoms with E-state index in [1.54, 1.807) is 18.3 Å². The smallest absolute Gasteiger partial charge is 0.267 e. The van der Waals surface area contributed by atoms with Crippen molar-refractivity contribution >= 4 is 29.1 Å². The summed E-state index contributed by atoms with van der Waals surface area (Å²) in [6.07, 6.45) is 3.00. The summed E-state index contributed by atoms with van der Waals surface area (Å²) >= 11 is 5.84. The van der Waals surface area contributed by atoms with Gasteiger partial charge in [0.05, 0.1) is 5.02 Å². The molecule has 3 aromatic rings. The highest BCUT2D eigenvalue weighted by Gasteiger charge is 2.09. The molecule has 0 saturated heterocycles. The van der Waals surface area contributed by atoms with E-state index in [-0.39, 0.29) is 18.1 Å². The average molecular weight is 305 g/mol. The van der Waals surface area contributed by atoms with Crippen molar-refractivity contribution in [2.45, 2.75) is 6.54 Å². The summed E-state index contributed by atoms with van der Waals surface area (Å²) in [7, 11) is 0. The summed E-state index contributed by atoms with van der Waals surface area (Å²) in [5, 5.41) is 10.9.